The quantitative estimate of drug-likeness (QED) is 0.804. The molecule has 4 rings (SSSR count). The molecule has 1 fully saturated rings. The number of hydrogen-bond acceptors (Lipinski definition) is 4. The van der Waals surface area contributed by atoms with E-state index >= 15 is 0 Å². The number of carbonyl (C=O) groups excluding carboxylic acids is 1. The minimum absolute atomic E-state index is 0.0389. The number of nitrogens with zero attached hydrogens (tertiary/aromatic N) is 3. The van der Waals surface area contributed by atoms with E-state index in [-0.39, 0.29) is 17.4 Å². The van der Waals surface area contributed by atoms with Crippen molar-refractivity contribution in [3.63, 3.8) is 0 Å². The number of aromatic nitrogens is 3. The van der Waals surface area contributed by atoms with E-state index in [9.17, 15) is 9.59 Å². The van der Waals surface area contributed by atoms with Gasteiger partial charge in [0.25, 0.3) is 5.56 Å². The molecule has 6 heteroatoms. The highest BCUT2D eigenvalue weighted by molar-refractivity contribution is 5.94. The number of amides is 1. The average Bonchev–Trinajstić information content (AvgIpc) is 3.40. The Hall–Kier alpha value is -3.02. The first-order valence-corrected chi connectivity index (χ1v) is 7.89. The topological polar surface area (TPSA) is 76.9 Å². The van der Waals surface area contributed by atoms with Gasteiger partial charge in [-0.25, -0.2) is 9.97 Å². The van der Waals surface area contributed by atoms with Crippen LogP contribution >= 0.6 is 0 Å². The molecule has 1 amide bonds. The molecule has 1 N–H and O–H groups in total. The minimum atomic E-state index is -0.170. The van der Waals surface area contributed by atoms with Crippen LogP contribution in [0.2, 0.25) is 0 Å². The van der Waals surface area contributed by atoms with Gasteiger partial charge in [0, 0.05) is 17.8 Å². The number of nitrogens with one attached hydrogen (secondary N) is 1. The number of benzene rings is 1. The van der Waals surface area contributed by atoms with Gasteiger partial charge in [-0.3, -0.25) is 14.2 Å². The van der Waals surface area contributed by atoms with Gasteiger partial charge in [0.15, 0.2) is 5.65 Å². The van der Waals surface area contributed by atoms with Crippen molar-refractivity contribution in [1.29, 1.82) is 0 Å². The molecular formula is C18H16N4O2. The fourth-order valence-electron chi connectivity index (χ4n) is 2.74. The number of rotatable bonds is 3. The van der Waals surface area contributed by atoms with E-state index in [4.69, 9.17) is 0 Å². The maximum Gasteiger partial charge on any atom is 0.267 e. The minimum Gasteiger partial charge on any atom is -0.326 e. The van der Waals surface area contributed by atoms with Crippen molar-refractivity contribution in [2.75, 3.05) is 5.32 Å². The third kappa shape index (κ3) is 2.56. The second kappa shape index (κ2) is 5.56. The zero-order chi connectivity index (χ0) is 16.7. The Kier molecular flexibility index (Phi) is 3.37. The summed E-state index contributed by atoms with van der Waals surface area (Å²) < 4.78 is 1.54. The maximum atomic E-state index is 12.8. The van der Waals surface area contributed by atoms with Crippen molar-refractivity contribution in [2.24, 2.45) is 5.92 Å². The predicted octanol–water partition coefficient (Wildman–Crippen LogP) is 2.44. The monoisotopic (exact) mass is 320 g/mol. The molecule has 6 nitrogen and oxygen atoms in total. The summed E-state index contributed by atoms with van der Waals surface area (Å²) in [6.07, 6.45) is 3.52. The summed E-state index contributed by atoms with van der Waals surface area (Å²) in [6.45, 7) is 1.77. The summed E-state index contributed by atoms with van der Waals surface area (Å²) >= 11 is 0. The van der Waals surface area contributed by atoms with Crippen molar-refractivity contribution in [3.8, 4) is 5.69 Å². The van der Waals surface area contributed by atoms with Crippen LogP contribution in [0.15, 0.2) is 47.4 Å². The van der Waals surface area contributed by atoms with Crippen molar-refractivity contribution in [1.82, 2.24) is 14.5 Å². The van der Waals surface area contributed by atoms with Crippen molar-refractivity contribution >= 4 is 22.6 Å². The third-order valence-corrected chi connectivity index (χ3v) is 4.13. The fraction of sp³-hybridized carbons (Fsp3) is 0.222. The molecule has 0 bridgehead atoms. The van der Waals surface area contributed by atoms with E-state index in [0.29, 0.717) is 28.2 Å². The van der Waals surface area contributed by atoms with Crippen LogP contribution in [0.25, 0.3) is 16.7 Å². The van der Waals surface area contributed by atoms with Gasteiger partial charge in [-0.2, -0.15) is 0 Å². The van der Waals surface area contributed by atoms with Crippen LogP contribution in [-0.4, -0.2) is 20.4 Å². The van der Waals surface area contributed by atoms with Crippen molar-refractivity contribution < 1.29 is 4.79 Å². The van der Waals surface area contributed by atoms with Gasteiger partial charge < -0.3 is 5.32 Å². The molecular weight excluding hydrogens is 304 g/mol. The van der Waals surface area contributed by atoms with Gasteiger partial charge in [-0.05, 0) is 50.1 Å². The highest BCUT2D eigenvalue weighted by Gasteiger charge is 2.29. The Bertz CT molecular complexity index is 1010. The van der Waals surface area contributed by atoms with Crippen LogP contribution in [-0.2, 0) is 4.79 Å². The van der Waals surface area contributed by atoms with Gasteiger partial charge in [0.05, 0.1) is 11.1 Å². The lowest BCUT2D eigenvalue weighted by molar-refractivity contribution is -0.117. The number of hydrogen-bond donors (Lipinski definition) is 1. The van der Waals surface area contributed by atoms with Crippen LogP contribution < -0.4 is 10.9 Å². The fourth-order valence-corrected chi connectivity index (χ4v) is 2.74. The normalized spacial score (nSPS) is 13.9. The Morgan fingerprint density at radius 1 is 1.25 bits per heavy atom. The Morgan fingerprint density at radius 3 is 2.88 bits per heavy atom. The number of carbonyl (C=O) groups is 1. The van der Waals surface area contributed by atoms with E-state index in [1.54, 1.807) is 31.3 Å². The van der Waals surface area contributed by atoms with Crippen molar-refractivity contribution in [2.45, 2.75) is 19.8 Å². The van der Waals surface area contributed by atoms with Crippen LogP contribution in [0.4, 0.5) is 5.69 Å². The van der Waals surface area contributed by atoms with Crippen LogP contribution in [0.5, 0.6) is 0 Å². The Morgan fingerprint density at radius 2 is 2.08 bits per heavy atom. The summed E-state index contributed by atoms with van der Waals surface area (Å²) in [5, 5.41) is 3.37. The molecule has 0 radical (unpaired) electrons. The Labute approximate surface area is 138 Å². The van der Waals surface area contributed by atoms with Crippen LogP contribution in [0.3, 0.4) is 0 Å². The molecule has 0 saturated heterocycles. The first-order chi connectivity index (χ1) is 11.6. The number of pyridine rings is 1. The van der Waals surface area contributed by atoms with E-state index in [2.05, 4.69) is 15.3 Å². The van der Waals surface area contributed by atoms with Crippen molar-refractivity contribution in [3.05, 3.63) is 58.8 Å². The largest absolute Gasteiger partial charge is 0.326 e. The van der Waals surface area contributed by atoms with Gasteiger partial charge in [0.2, 0.25) is 5.91 Å². The summed E-state index contributed by atoms with van der Waals surface area (Å²) in [6, 6.07) is 10.7. The molecule has 1 aliphatic carbocycles. The molecule has 0 spiro atoms. The van der Waals surface area contributed by atoms with Gasteiger partial charge in [-0.1, -0.05) is 6.07 Å². The SMILES string of the molecule is Cc1nc2ncccc2c(=O)n1-c1cccc(NC(=O)C2CC2)c1. The lowest BCUT2D eigenvalue weighted by Crippen LogP contribution is -2.23. The molecule has 0 unspecified atom stereocenters. The highest BCUT2D eigenvalue weighted by Crippen LogP contribution is 2.30. The summed E-state index contributed by atoms with van der Waals surface area (Å²) in [5.41, 5.74) is 1.62. The lowest BCUT2D eigenvalue weighted by Gasteiger charge is -2.12. The molecule has 1 aliphatic rings. The second-order valence-electron chi connectivity index (χ2n) is 5.99. The molecule has 120 valence electrons. The van der Waals surface area contributed by atoms with E-state index < -0.39 is 0 Å². The molecule has 0 atom stereocenters. The van der Waals surface area contributed by atoms with Gasteiger partial charge in [-0.15, -0.1) is 0 Å². The van der Waals surface area contributed by atoms with Gasteiger partial charge in [0.1, 0.15) is 5.82 Å². The zero-order valence-electron chi connectivity index (χ0n) is 13.2. The first kappa shape index (κ1) is 14.6. The third-order valence-electron chi connectivity index (χ3n) is 4.13. The second-order valence-corrected chi connectivity index (χ2v) is 5.99. The van der Waals surface area contributed by atoms with Crippen LogP contribution in [0.1, 0.15) is 18.7 Å². The zero-order valence-corrected chi connectivity index (χ0v) is 13.2. The van der Waals surface area contributed by atoms with E-state index in [1.807, 2.05) is 18.2 Å². The lowest BCUT2D eigenvalue weighted by atomic mass is 10.2. The molecule has 1 saturated carbocycles. The summed E-state index contributed by atoms with van der Waals surface area (Å²) in [4.78, 5) is 33.3. The smallest absolute Gasteiger partial charge is 0.267 e. The molecule has 1 aromatic carbocycles. The van der Waals surface area contributed by atoms with E-state index in [0.717, 1.165) is 12.8 Å². The standard InChI is InChI=1S/C18H16N4O2/c1-11-20-16-15(6-3-9-19-16)18(24)22(11)14-5-2-4-13(10-14)21-17(23)12-7-8-12/h2-6,9-10,12H,7-8H2,1H3,(H,21,23). The highest BCUT2D eigenvalue weighted by atomic mass is 16.2. The molecule has 3 aromatic rings. The molecule has 2 heterocycles. The molecule has 0 aliphatic heterocycles. The number of fused-ring (bicyclic) bond motifs is 1. The van der Waals surface area contributed by atoms with Crippen LogP contribution in [0, 0.1) is 12.8 Å². The summed E-state index contributed by atoms with van der Waals surface area (Å²) in [7, 11) is 0. The Balaban J connectivity index is 1.79. The number of aryl methyl sites for hydroxylation is 1. The van der Waals surface area contributed by atoms with E-state index in [1.165, 1.54) is 4.57 Å². The molecule has 24 heavy (non-hydrogen) atoms. The molecule has 2 aromatic heterocycles. The predicted molar refractivity (Wildman–Crippen MR) is 91.2 cm³/mol. The van der Waals surface area contributed by atoms with Gasteiger partial charge >= 0.3 is 0 Å². The summed E-state index contributed by atoms with van der Waals surface area (Å²) in [5.74, 6) is 0.723. The number of anilines is 1. The maximum absolute atomic E-state index is 12.8. The first-order valence-electron chi connectivity index (χ1n) is 7.89. The average molecular weight is 320 g/mol.